The molecule has 3 aromatic heterocycles. The minimum absolute atomic E-state index is 0.265. The van der Waals surface area contributed by atoms with Gasteiger partial charge in [-0.3, -0.25) is 19.6 Å². The number of hydrogen-bond donors (Lipinski definition) is 2. The number of para-hydroxylation sites is 1. The molecule has 2 N–H and O–H groups in total. The first-order valence-electron chi connectivity index (χ1n) is 14.2. The Balaban J connectivity index is 1.11. The lowest BCUT2D eigenvalue weighted by molar-refractivity contribution is 0.0941. The van der Waals surface area contributed by atoms with Crippen LogP contribution in [0.1, 0.15) is 38.0 Å². The SMILES string of the molecule is O=C(NC(c1ccccc1)c1ccccn1)c1cnc2cc(NC(=O)c3ccccc3-c3cc4ccccc4o3)ccc2c1. The van der Waals surface area contributed by atoms with Crippen LogP contribution in [-0.2, 0) is 0 Å². The Hall–Kier alpha value is -6.08. The molecule has 0 aliphatic carbocycles. The summed E-state index contributed by atoms with van der Waals surface area (Å²) in [6.07, 6.45) is 3.25. The fourth-order valence-electron chi connectivity index (χ4n) is 5.27. The second-order valence-electron chi connectivity index (χ2n) is 10.4. The van der Waals surface area contributed by atoms with Gasteiger partial charge < -0.3 is 15.1 Å². The van der Waals surface area contributed by atoms with Gasteiger partial charge in [-0.15, -0.1) is 0 Å². The number of anilines is 1. The van der Waals surface area contributed by atoms with Crippen molar-refractivity contribution in [2.24, 2.45) is 0 Å². The summed E-state index contributed by atoms with van der Waals surface area (Å²) in [6, 6.07) is 39.2. The third kappa shape index (κ3) is 5.42. The first-order valence-corrected chi connectivity index (χ1v) is 14.2. The Morgan fingerprint density at radius 2 is 1.48 bits per heavy atom. The molecule has 0 aliphatic rings. The van der Waals surface area contributed by atoms with E-state index in [-0.39, 0.29) is 11.8 Å². The molecule has 2 amide bonds. The van der Waals surface area contributed by atoms with E-state index in [1.807, 2.05) is 103 Å². The van der Waals surface area contributed by atoms with Crippen LogP contribution in [0, 0.1) is 0 Å². The summed E-state index contributed by atoms with van der Waals surface area (Å²) in [5.74, 6) is 0.0943. The van der Waals surface area contributed by atoms with Crippen molar-refractivity contribution in [3.63, 3.8) is 0 Å². The van der Waals surface area contributed by atoms with E-state index in [1.165, 1.54) is 0 Å². The van der Waals surface area contributed by atoms with Gasteiger partial charge in [-0.2, -0.15) is 0 Å². The molecule has 7 rings (SSSR count). The van der Waals surface area contributed by atoms with Crippen LogP contribution < -0.4 is 10.6 Å². The maximum Gasteiger partial charge on any atom is 0.256 e. The van der Waals surface area contributed by atoms with Gasteiger partial charge >= 0.3 is 0 Å². The van der Waals surface area contributed by atoms with Gasteiger partial charge in [0.25, 0.3) is 11.8 Å². The molecule has 0 radical (unpaired) electrons. The number of fused-ring (bicyclic) bond motifs is 2. The van der Waals surface area contributed by atoms with Crippen LogP contribution in [0.2, 0.25) is 0 Å². The number of carbonyl (C=O) groups excluding carboxylic acids is 2. The van der Waals surface area contributed by atoms with Crippen molar-refractivity contribution in [2.45, 2.75) is 6.04 Å². The summed E-state index contributed by atoms with van der Waals surface area (Å²) in [5.41, 5.74) is 5.28. The average Bonchev–Trinajstić information content (AvgIpc) is 3.52. The fraction of sp³-hybridized carbons (Fsp3) is 0.0270. The van der Waals surface area contributed by atoms with E-state index in [0.29, 0.717) is 33.7 Å². The monoisotopic (exact) mass is 574 g/mol. The Bertz CT molecular complexity index is 2050. The number of aromatic nitrogens is 2. The van der Waals surface area contributed by atoms with Gasteiger partial charge in [0.2, 0.25) is 0 Å². The topological polar surface area (TPSA) is 97.1 Å². The average molecular weight is 575 g/mol. The van der Waals surface area contributed by atoms with Gasteiger partial charge in [0.15, 0.2) is 0 Å². The molecule has 212 valence electrons. The molecule has 7 heteroatoms. The third-order valence-electron chi connectivity index (χ3n) is 7.46. The van der Waals surface area contributed by atoms with Gasteiger partial charge in [0.1, 0.15) is 11.3 Å². The van der Waals surface area contributed by atoms with Crippen LogP contribution in [0.5, 0.6) is 0 Å². The number of rotatable bonds is 7. The highest BCUT2D eigenvalue weighted by Crippen LogP contribution is 2.31. The van der Waals surface area contributed by atoms with Crippen LogP contribution in [0.3, 0.4) is 0 Å². The summed E-state index contributed by atoms with van der Waals surface area (Å²) in [5, 5.41) is 7.84. The van der Waals surface area contributed by atoms with E-state index in [2.05, 4.69) is 20.6 Å². The number of nitrogens with zero attached hydrogens (tertiary/aromatic N) is 2. The van der Waals surface area contributed by atoms with E-state index < -0.39 is 6.04 Å². The van der Waals surface area contributed by atoms with Gasteiger partial charge in [-0.25, -0.2) is 0 Å². The quantitative estimate of drug-likeness (QED) is 0.202. The summed E-state index contributed by atoms with van der Waals surface area (Å²) in [6.45, 7) is 0. The van der Waals surface area contributed by atoms with Gasteiger partial charge in [-0.1, -0.05) is 78.9 Å². The maximum absolute atomic E-state index is 13.4. The second-order valence-corrected chi connectivity index (χ2v) is 10.4. The van der Waals surface area contributed by atoms with Crippen molar-refractivity contribution in [3.8, 4) is 11.3 Å². The normalized spacial score (nSPS) is 11.7. The van der Waals surface area contributed by atoms with Crippen LogP contribution in [0.4, 0.5) is 5.69 Å². The molecular weight excluding hydrogens is 548 g/mol. The second kappa shape index (κ2) is 11.7. The fourth-order valence-corrected chi connectivity index (χ4v) is 5.27. The highest BCUT2D eigenvalue weighted by molar-refractivity contribution is 6.09. The molecule has 1 unspecified atom stereocenters. The van der Waals surface area contributed by atoms with Crippen LogP contribution in [-0.4, -0.2) is 21.8 Å². The number of amides is 2. The molecule has 1 atom stereocenters. The van der Waals surface area contributed by atoms with E-state index in [0.717, 1.165) is 27.6 Å². The predicted molar refractivity (Wildman–Crippen MR) is 171 cm³/mol. The van der Waals surface area contributed by atoms with Gasteiger partial charge in [0.05, 0.1) is 28.4 Å². The van der Waals surface area contributed by atoms with Crippen LogP contribution in [0.15, 0.2) is 144 Å². The smallest absolute Gasteiger partial charge is 0.256 e. The van der Waals surface area contributed by atoms with Gasteiger partial charge in [0, 0.05) is 34.4 Å². The van der Waals surface area contributed by atoms with Gasteiger partial charge in [-0.05, 0) is 54.1 Å². The third-order valence-corrected chi connectivity index (χ3v) is 7.46. The zero-order valence-electron chi connectivity index (χ0n) is 23.5. The largest absolute Gasteiger partial charge is 0.456 e. The minimum atomic E-state index is -0.416. The first-order chi connectivity index (χ1) is 21.6. The molecular formula is C37H26N4O3. The van der Waals surface area contributed by atoms with E-state index in [4.69, 9.17) is 4.42 Å². The maximum atomic E-state index is 13.4. The van der Waals surface area contributed by atoms with Crippen LogP contribution >= 0.6 is 0 Å². The number of carbonyl (C=O) groups is 2. The van der Waals surface area contributed by atoms with E-state index in [1.54, 1.807) is 36.7 Å². The number of pyridine rings is 2. The van der Waals surface area contributed by atoms with E-state index >= 15 is 0 Å². The summed E-state index contributed by atoms with van der Waals surface area (Å²) < 4.78 is 6.03. The van der Waals surface area contributed by atoms with Crippen molar-refractivity contribution in [1.82, 2.24) is 15.3 Å². The standard InChI is InChI=1S/C37H26N4O3/c42-36(41-35(24-10-2-1-3-11-24)31-15-8-9-19-38-31)27-20-25-17-18-28(22-32(25)39-23-27)40-37(43)30-14-6-5-13-29(30)34-21-26-12-4-7-16-33(26)44-34/h1-23,35H,(H,40,43)(H,41,42). The molecule has 0 spiro atoms. The number of hydrogen-bond acceptors (Lipinski definition) is 5. The van der Waals surface area contributed by atoms with Crippen molar-refractivity contribution < 1.29 is 14.0 Å². The van der Waals surface area contributed by atoms with Crippen LogP contribution in [0.25, 0.3) is 33.2 Å². The van der Waals surface area contributed by atoms with Crippen molar-refractivity contribution >= 4 is 39.4 Å². The minimum Gasteiger partial charge on any atom is -0.456 e. The lowest BCUT2D eigenvalue weighted by Gasteiger charge is -2.19. The van der Waals surface area contributed by atoms with Crippen molar-refractivity contribution in [1.29, 1.82) is 0 Å². The Labute approximate surface area is 253 Å². The molecule has 0 bridgehead atoms. The molecule has 0 aliphatic heterocycles. The number of furan rings is 1. The Morgan fingerprint density at radius 3 is 2.32 bits per heavy atom. The Morgan fingerprint density at radius 1 is 0.682 bits per heavy atom. The zero-order chi connectivity index (χ0) is 29.9. The highest BCUT2D eigenvalue weighted by Gasteiger charge is 2.20. The number of nitrogens with one attached hydrogen (secondary N) is 2. The molecule has 7 aromatic rings. The van der Waals surface area contributed by atoms with Crippen molar-refractivity contribution in [2.75, 3.05) is 5.32 Å². The first kappa shape index (κ1) is 26.8. The number of benzene rings is 4. The lowest BCUT2D eigenvalue weighted by atomic mass is 10.0. The van der Waals surface area contributed by atoms with E-state index in [9.17, 15) is 9.59 Å². The molecule has 0 saturated carbocycles. The molecule has 3 heterocycles. The molecule has 0 fully saturated rings. The summed E-state index contributed by atoms with van der Waals surface area (Å²) in [4.78, 5) is 35.8. The zero-order valence-corrected chi connectivity index (χ0v) is 23.5. The molecule has 4 aromatic carbocycles. The molecule has 44 heavy (non-hydrogen) atoms. The van der Waals surface area contributed by atoms with Crippen molar-refractivity contribution in [3.05, 3.63) is 162 Å². The Kier molecular flexibility index (Phi) is 7.10. The molecule has 7 nitrogen and oxygen atoms in total. The predicted octanol–water partition coefficient (Wildman–Crippen LogP) is 7.81. The highest BCUT2D eigenvalue weighted by atomic mass is 16.3. The summed E-state index contributed by atoms with van der Waals surface area (Å²) in [7, 11) is 0. The molecule has 0 saturated heterocycles. The summed E-state index contributed by atoms with van der Waals surface area (Å²) >= 11 is 0. The lowest BCUT2D eigenvalue weighted by Crippen LogP contribution is -2.30.